The van der Waals surface area contributed by atoms with Gasteiger partial charge in [0.05, 0.1) is 12.3 Å². The van der Waals surface area contributed by atoms with Crippen LogP contribution in [0.15, 0.2) is 36.4 Å². The molecular formula is C29H40ClN5O7S. The standard InChI is InChI=1S/C29H40ClN5O7S/c1-19(2)18-42-28(39)31-23-10-7-5-3-4-6-9-20-17-29(20,32-25(36)24-11-8-16-35(24)26(23)37)27(38)34-43(40,41)33-22-14-12-21(30)13-15-22/h6,9,12-15,19-20,23-24,33H,3-5,7-8,10-11,16-18H2,1-2H3,(H,31,39)(H,32,36)(H,34,38)/t20-,23+,24+,29-/m1/s1. The molecule has 0 aromatic heterocycles. The molecule has 2 heterocycles. The highest BCUT2D eigenvalue weighted by Crippen LogP contribution is 2.45. The van der Waals surface area contributed by atoms with Gasteiger partial charge < -0.3 is 20.3 Å². The van der Waals surface area contributed by atoms with Crippen molar-refractivity contribution in [1.29, 1.82) is 0 Å². The van der Waals surface area contributed by atoms with Crippen molar-refractivity contribution in [2.75, 3.05) is 17.9 Å². The third-order valence-electron chi connectivity index (χ3n) is 7.80. The molecule has 12 nitrogen and oxygen atoms in total. The molecule has 0 spiro atoms. The first-order valence-electron chi connectivity index (χ1n) is 14.7. The Balaban J connectivity index is 1.51. The molecule has 4 N–H and O–H groups in total. The summed E-state index contributed by atoms with van der Waals surface area (Å²) in [4.78, 5) is 54.6. The Hall–Kier alpha value is -3.32. The van der Waals surface area contributed by atoms with Crippen LogP contribution in [-0.2, 0) is 29.3 Å². The van der Waals surface area contributed by atoms with Gasteiger partial charge in [0, 0.05) is 17.5 Å². The van der Waals surface area contributed by atoms with E-state index in [2.05, 4.69) is 20.1 Å². The molecule has 0 unspecified atom stereocenters. The predicted molar refractivity (Wildman–Crippen MR) is 161 cm³/mol. The molecule has 4 amide bonds. The average molecular weight is 638 g/mol. The van der Waals surface area contributed by atoms with Crippen LogP contribution in [0.2, 0.25) is 5.02 Å². The van der Waals surface area contributed by atoms with Gasteiger partial charge in [-0.3, -0.25) is 19.1 Å². The summed E-state index contributed by atoms with van der Waals surface area (Å²) in [7, 11) is -4.33. The van der Waals surface area contributed by atoms with Crippen LogP contribution in [0, 0.1) is 11.8 Å². The Morgan fingerprint density at radius 2 is 1.86 bits per heavy atom. The van der Waals surface area contributed by atoms with E-state index < -0.39 is 51.7 Å². The first-order chi connectivity index (χ1) is 20.4. The molecule has 4 rings (SSSR count). The minimum atomic E-state index is -4.33. The average Bonchev–Trinajstić information content (AvgIpc) is 3.40. The molecular weight excluding hydrogens is 598 g/mol. The van der Waals surface area contributed by atoms with E-state index in [0.29, 0.717) is 43.7 Å². The van der Waals surface area contributed by atoms with Crippen molar-refractivity contribution in [2.45, 2.75) is 82.8 Å². The summed E-state index contributed by atoms with van der Waals surface area (Å²) in [6, 6.07) is 4.19. The number of halogens is 1. The van der Waals surface area contributed by atoms with Gasteiger partial charge >= 0.3 is 16.3 Å². The van der Waals surface area contributed by atoms with Crippen LogP contribution < -0.4 is 20.1 Å². The molecule has 2 fully saturated rings. The van der Waals surface area contributed by atoms with Crippen LogP contribution in [0.3, 0.4) is 0 Å². The Kier molecular flexibility index (Phi) is 10.6. The lowest BCUT2D eigenvalue weighted by molar-refractivity contribution is -0.141. The first kappa shape index (κ1) is 32.6. The summed E-state index contributed by atoms with van der Waals surface area (Å²) >= 11 is 5.87. The second-order valence-corrected chi connectivity index (χ2v) is 13.6. The topological polar surface area (TPSA) is 163 Å². The Morgan fingerprint density at radius 3 is 2.58 bits per heavy atom. The number of benzene rings is 1. The van der Waals surface area contributed by atoms with Crippen LogP contribution in [0.25, 0.3) is 0 Å². The number of carbonyl (C=O) groups excluding carboxylic acids is 4. The summed E-state index contributed by atoms with van der Waals surface area (Å²) < 4.78 is 35.2. The van der Waals surface area contributed by atoms with Crippen molar-refractivity contribution >= 4 is 51.3 Å². The lowest BCUT2D eigenvalue weighted by Gasteiger charge is -2.30. The van der Waals surface area contributed by atoms with Gasteiger partial charge in [0.2, 0.25) is 11.8 Å². The number of allylic oxidation sites excluding steroid dienone is 1. The van der Waals surface area contributed by atoms with Gasteiger partial charge in [0.1, 0.15) is 17.6 Å². The number of anilines is 1. The summed E-state index contributed by atoms with van der Waals surface area (Å²) in [5, 5.41) is 5.91. The number of ether oxygens (including phenoxy) is 1. The number of hydrogen-bond donors (Lipinski definition) is 4. The molecule has 2 aliphatic heterocycles. The molecule has 14 heteroatoms. The maximum absolute atomic E-state index is 13.7. The fraction of sp³-hybridized carbons (Fsp3) is 0.586. The fourth-order valence-corrected chi connectivity index (χ4v) is 6.48. The zero-order valence-electron chi connectivity index (χ0n) is 24.4. The van der Waals surface area contributed by atoms with Crippen molar-refractivity contribution in [3.05, 3.63) is 41.4 Å². The van der Waals surface area contributed by atoms with E-state index in [1.165, 1.54) is 29.2 Å². The monoisotopic (exact) mass is 637 g/mol. The Morgan fingerprint density at radius 1 is 1.12 bits per heavy atom. The van der Waals surface area contributed by atoms with Crippen LogP contribution in [0.4, 0.5) is 10.5 Å². The highest BCUT2D eigenvalue weighted by Gasteiger charge is 2.61. The van der Waals surface area contributed by atoms with E-state index in [-0.39, 0.29) is 30.5 Å². The highest BCUT2D eigenvalue weighted by atomic mass is 35.5. The Bertz CT molecular complexity index is 1340. The molecule has 1 aromatic carbocycles. The number of nitrogens with one attached hydrogen (secondary N) is 4. The molecule has 1 aromatic rings. The van der Waals surface area contributed by atoms with Crippen LogP contribution >= 0.6 is 11.6 Å². The summed E-state index contributed by atoms with van der Waals surface area (Å²) in [6.07, 6.45) is 7.65. The Labute approximate surface area is 257 Å². The quantitative estimate of drug-likeness (QED) is 0.334. The van der Waals surface area contributed by atoms with Gasteiger partial charge in [-0.05, 0) is 68.7 Å². The maximum Gasteiger partial charge on any atom is 0.407 e. The molecule has 0 radical (unpaired) electrons. The number of nitrogens with zero attached hydrogens (tertiary/aromatic N) is 1. The van der Waals surface area contributed by atoms with E-state index in [0.717, 1.165) is 12.8 Å². The van der Waals surface area contributed by atoms with Crippen molar-refractivity contribution in [1.82, 2.24) is 20.3 Å². The fourth-order valence-electron chi connectivity index (χ4n) is 5.43. The summed E-state index contributed by atoms with van der Waals surface area (Å²) in [5.41, 5.74) is -1.28. The number of carbonyl (C=O) groups is 4. The third kappa shape index (κ3) is 8.62. The molecule has 1 saturated carbocycles. The lowest BCUT2D eigenvalue weighted by Crippen LogP contribution is -2.58. The van der Waals surface area contributed by atoms with E-state index in [1.54, 1.807) is 0 Å². The van der Waals surface area contributed by atoms with Gasteiger partial charge in [-0.1, -0.05) is 50.4 Å². The second-order valence-electron chi connectivity index (χ2n) is 11.8. The van der Waals surface area contributed by atoms with Crippen molar-refractivity contribution < 1.29 is 32.3 Å². The molecule has 1 saturated heterocycles. The lowest BCUT2D eigenvalue weighted by atomic mass is 10.1. The number of fused-ring (bicyclic) bond motifs is 2. The van der Waals surface area contributed by atoms with Gasteiger partial charge in [0.25, 0.3) is 5.91 Å². The number of alkyl carbamates (subject to hydrolysis) is 1. The van der Waals surface area contributed by atoms with E-state index >= 15 is 0 Å². The molecule has 1 aliphatic carbocycles. The van der Waals surface area contributed by atoms with E-state index in [9.17, 15) is 27.6 Å². The molecule has 3 aliphatic rings. The highest BCUT2D eigenvalue weighted by molar-refractivity contribution is 7.91. The minimum absolute atomic E-state index is 0.132. The molecule has 4 atom stereocenters. The molecule has 236 valence electrons. The van der Waals surface area contributed by atoms with Crippen LogP contribution in [-0.4, -0.2) is 67.9 Å². The number of rotatable bonds is 7. The van der Waals surface area contributed by atoms with E-state index in [1.807, 2.05) is 26.0 Å². The van der Waals surface area contributed by atoms with Crippen molar-refractivity contribution in [3.8, 4) is 0 Å². The SMILES string of the molecule is CC(C)COC(=O)N[C@H]1CCCCCC=C[C@@H]2C[C@@]2(C(=O)NS(=O)(=O)Nc2ccc(Cl)cc2)NC(=O)[C@@H]2CCCN2C1=O. The van der Waals surface area contributed by atoms with Gasteiger partial charge in [-0.15, -0.1) is 0 Å². The van der Waals surface area contributed by atoms with Gasteiger partial charge in [-0.25, -0.2) is 9.52 Å². The summed E-state index contributed by atoms with van der Waals surface area (Å²) in [6.45, 7) is 4.35. The van der Waals surface area contributed by atoms with Crippen molar-refractivity contribution in [2.24, 2.45) is 11.8 Å². The van der Waals surface area contributed by atoms with Crippen LogP contribution in [0.5, 0.6) is 0 Å². The smallest absolute Gasteiger partial charge is 0.407 e. The zero-order valence-corrected chi connectivity index (χ0v) is 26.0. The second kappa shape index (κ2) is 14.0. The molecule has 43 heavy (non-hydrogen) atoms. The molecule has 0 bridgehead atoms. The zero-order chi connectivity index (χ0) is 31.2. The number of amides is 4. The third-order valence-corrected chi connectivity index (χ3v) is 9.01. The van der Waals surface area contributed by atoms with Crippen molar-refractivity contribution in [3.63, 3.8) is 0 Å². The van der Waals surface area contributed by atoms with Gasteiger partial charge in [0.15, 0.2) is 0 Å². The number of hydrogen-bond acceptors (Lipinski definition) is 7. The van der Waals surface area contributed by atoms with Gasteiger partial charge in [-0.2, -0.15) is 8.42 Å². The predicted octanol–water partition coefficient (Wildman–Crippen LogP) is 3.25. The van der Waals surface area contributed by atoms with E-state index in [4.69, 9.17) is 16.3 Å². The largest absolute Gasteiger partial charge is 0.449 e. The minimum Gasteiger partial charge on any atom is -0.449 e. The summed E-state index contributed by atoms with van der Waals surface area (Å²) in [5.74, 6) is -2.08. The van der Waals surface area contributed by atoms with Crippen LogP contribution in [0.1, 0.15) is 65.2 Å². The first-order valence-corrected chi connectivity index (χ1v) is 16.6. The maximum atomic E-state index is 13.7. The normalized spacial score (nSPS) is 26.3.